The Balaban J connectivity index is 1.80. The van der Waals surface area contributed by atoms with Gasteiger partial charge in [-0.1, -0.05) is 65.0 Å². The summed E-state index contributed by atoms with van der Waals surface area (Å²) in [5.74, 6) is 0.694. The van der Waals surface area contributed by atoms with E-state index in [4.69, 9.17) is 28.8 Å². The molecule has 4 aromatic rings. The molecule has 136 valence electrons. The maximum Gasteiger partial charge on any atom is 0.273 e. The third kappa shape index (κ3) is 3.60. The van der Waals surface area contributed by atoms with E-state index >= 15 is 0 Å². The minimum atomic E-state index is -0.0793. The molecule has 0 N–H and O–H groups in total. The molecule has 0 aliphatic rings. The third-order valence-corrected chi connectivity index (χ3v) is 6.77. The fraction of sp³-hybridized carbons (Fsp3) is 0.105. The Kier molecular flexibility index (Phi) is 5.19. The van der Waals surface area contributed by atoms with E-state index in [1.54, 1.807) is 11.6 Å². The van der Waals surface area contributed by atoms with E-state index in [9.17, 15) is 4.79 Å². The van der Waals surface area contributed by atoms with Gasteiger partial charge in [0.15, 0.2) is 14.8 Å². The summed E-state index contributed by atoms with van der Waals surface area (Å²) in [7, 11) is 1.74. The molecule has 0 spiro atoms. The Bertz CT molecular complexity index is 1230. The van der Waals surface area contributed by atoms with Crippen molar-refractivity contribution in [1.82, 2.24) is 14.1 Å². The fourth-order valence-electron chi connectivity index (χ4n) is 2.67. The number of fused-ring (bicyclic) bond motifs is 1. The Morgan fingerprint density at radius 1 is 1.15 bits per heavy atom. The third-order valence-electron chi connectivity index (χ3n) is 4.07. The lowest BCUT2D eigenvalue weighted by molar-refractivity contribution is 0.722. The van der Waals surface area contributed by atoms with Crippen LogP contribution in [0.15, 0.2) is 64.5 Å². The van der Waals surface area contributed by atoms with Crippen molar-refractivity contribution >= 4 is 57.3 Å². The van der Waals surface area contributed by atoms with Gasteiger partial charge in [0.1, 0.15) is 4.70 Å². The highest BCUT2D eigenvalue weighted by Gasteiger charge is 2.16. The lowest BCUT2D eigenvalue weighted by Gasteiger charge is -2.09. The van der Waals surface area contributed by atoms with Gasteiger partial charge in [-0.15, -0.1) is 0 Å². The van der Waals surface area contributed by atoms with E-state index in [0.29, 0.717) is 30.2 Å². The minimum Gasteiger partial charge on any atom is -0.289 e. The number of thioether (sulfide) groups is 1. The van der Waals surface area contributed by atoms with Crippen LogP contribution in [0.2, 0.25) is 5.02 Å². The number of halogens is 1. The zero-order valence-corrected chi connectivity index (χ0v) is 17.5. The first-order chi connectivity index (χ1) is 13.0. The van der Waals surface area contributed by atoms with Crippen LogP contribution >= 0.6 is 46.9 Å². The predicted octanol–water partition coefficient (Wildman–Crippen LogP) is 5.46. The van der Waals surface area contributed by atoms with Gasteiger partial charge in [0.2, 0.25) is 0 Å². The van der Waals surface area contributed by atoms with Gasteiger partial charge in [-0.2, -0.15) is 0 Å². The van der Waals surface area contributed by atoms with Gasteiger partial charge in [0.05, 0.1) is 0 Å². The first-order valence-electron chi connectivity index (χ1n) is 8.10. The van der Waals surface area contributed by atoms with Crippen molar-refractivity contribution in [2.45, 2.75) is 10.9 Å². The fourth-order valence-corrected chi connectivity index (χ4v) is 5.07. The zero-order valence-electron chi connectivity index (χ0n) is 14.3. The van der Waals surface area contributed by atoms with Gasteiger partial charge in [0.25, 0.3) is 5.56 Å². The smallest absolute Gasteiger partial charge is 0.273 e. The molecule has 0 amide bonds. The molecule has 0 saturated carbocycles. The van der Waals surface area contributed by atoms with Crippen LogP contribution < -0.4 is 5.56 Å². The molecule has 0 atom stereocenters. The van der Waals surface area contributed by atoms with Crippen molar-refractivity contribution in [3.05, 3.63) is 79.5 Å². The van der Waals surface area contributed by atoms with Crippen LogP contribution in [-0.4, -0.2) is 14.1 Å². The molecule has 2 heterocycles. The van der Waals surface area contributed by atoms with Gasteiger partial charge >= 0.3 is 0 Å². The molecule has 4 rings (SSSR count). The zero-order chi connectivity index (χ0) is 19.0. The molecular formula is C19H14ClN3OS3. The number of para-hydroxylation sites is 1. The van der Waals surface area contributed by atoms with E-state index in [1.807, 2.05) is 59.2 Å². The topological polar surface area (TPSA) is 39.8 Å². The van der Waals surface area contributed by atoms with Gasteiger partial charge in [-0.25, -0.2) is 4.98 Å². The van der Waals surface area contributed by atoms with E-state index in [-0.39, 0.29) is 5.56 Å². The van der Waals surface area contributed by atoms with Gasteiger partial charge in [-0.05, 0) is 42.0 Å². The van der Waals surface area contributed by atoms with Crippen LogP contribution in [0.1, 0.15) is 5.56 Å². The molecular weight excluding hydrogens is 418 g/mol. The largest absolute Gasteiger partial charge is 0.289 e. The van der Waals surface area contributed by atoms with Crippen LogP contribution in [-0.2, 0) is 12.8 Å². The second kappa shape index (κ2) is 7.59. The summed E-state index contributed by atoms with van der Waals surface area (Å²) in [5.41, 5.74) is 2.55. The molecule has 0 radical (unpaired) electrons. The summed E-state index contributed by atoms with van der Waals surface area (Å²) in [5, 5.41) is 1.36. The monoisotopic (exact) mass is 431 g/mol. The first kappa shape index (κ1) is 18.4. The Hall–Kier alpha value is -1.93. The van der Waals surface area contributed by atoms with Crippen LogP contribution in [0, 0.1) is 3.95 Å². The maximum atomic E-state index is 12.8. The number of hydrogen-bond donors (Lipinski definition) is 0. The van der Waals surface area contributed by atoms with Gasteiger partial charge in [-0.3, -0.25) is 13.9 Å². The van der Waals surface area contributed by atoms with E-state index < -0.39 is 0 Å². The standard InChI is InChI=1S/C19H14ClN3OS3/c1-22-17(24)15-16(23(19(25)27-15)14-5-3-2-4-6-14)21-18(22)26-11-12-7-9-13(20)10-8-12/h2-10H,11H2,1H3. The number of thiazole rings is 1. The molecule has 0 aliphatic carbocycles. The van der Waals surface area contributed by atoms with E-state index in [1.165, 1.54) is 23.1 Å². The molecule has 27 heavy (non-hydrogen) atoms. The van der Waals surface area contributed by atoms with E-state index in [0.717, 1.165) is 11.3 Å². The predicted molar refractivity (Wildman–Crippen MR) is 116 cm³/mol. The average molecular weight is 432 g/mol. The van der Waals surface area contributed by atoms with Crippen molar-refractivity contribution in [1.29, 1.82) is 0 Å². The maximum absolute atomic E-state index is 12.8. The summed E-state index contributed by atoms with van der Waals surface area (Å²) >= 11 is 14.3. The number of hydrogen-bond acceptors (Lipinski definition) is 5. The van der Waals surface area contributed by atoms with E-state index in [2.05, 4.69) is 0 Å². The summed E-state index contributed by atoms with van der Waals surface area (Å²) < 4.78 is 4.63. The highest BCUT2D eigenvalue weighted by atomic mass is 35.5. The number of benzene rings is 2. The molecule has 0 bridgehead atoms. The van der Waals surface area contributed by atoms with Crippen LogP contribution in [0.4, 0.5) is 0 Å². The molecule has 2 aromatic carbocycles. The second-order valence-electron chi connectivity index (χ2n) is 5.87. The van der Waals surface area contributed by atoms with Crippen LogP contribution in [0.25, 0.3) is 16.0 Å². The normalized spacial score (nSPS) is 11.2. The van der Waals surface area contributed by atoms with Crippen molar-refractivity contribution in [3.8, 4) is 5.69 Å². The van der Waals surface area contributed by atoms with Crippen molar-refractivity contribution in [3.63, 3.8) is 0 Å². The summed E-state index contributed by atoms with van der Waals surface area (Å²) in [4.78, 5) is 17.6. The van der Waals surface area contributed by atoms with Crippen molar-refractivity contribution in [2.75, 3.05) is 0 Å². The molecule has 0 aliphatic heterocycles. The lowest BCUT2D eigenvalue weighted by atomic mass is 10.2. The van der Waals surface area contributed by atoms with Crippen LogP contribution in [0.5, 0.6) is 0 Å². The first-order valence-corrected chi connectivity index (χ1v) is 10.7. The van der Waals surface area contributed by atoms with Gasteiger partial charge < -0.3 is 0 Å². The van der Waals surface area contributed by atoms with Crippen molar-refractivity contribution in [2.24, 2.45) is 7.05 Å². The van der Waals surface area contributed by atoms with Crippen molar-refractivity contribution < 1.29 is 0 Å². The summed E-state index contributed by atoms with van der Waals surface area (Å²) in [6.45, 7) is 0. The molecule has 4 nitrogen and oxygen atoms in total. The molecule has 2 aromatic heterocycles. The minimum absolute atomic E-state index is 0.0793. The Morgan fingerprint density at radius 2 is 1.85 bits per heavy atom. The van der Waals surface area contributed by atoms with Gasteiger partial charge in [0, 0.05) is 23.5 Å². The highest BCUT2D eigenvalue weighted by molar-refractivity contribution is 7.98. The average Bonchev–Trinajstić information content (AvgIpc) is 3.01. The number of aromatic nitrogens is 3. The highest BCUT2D eigenvalue weighted by Crippen LogP contribution is 2.27. The molecule has 0 saturated heterocycles. The summed E-state index contributed by atoms with van der Waals surface area (Å²) in [6.07, 6.45) is 0. The van der Waals surface area contributed by atoms with Crippen LogP contribution in [0.3, 0.4) is 0 Å². The second-order valence-corrected chi connectivity index (χ2v) is 8.89. The summed E-state index contributed by atoms with van der Waals surface area (Å²) in [6, 6.07) is 17.4. The SMILES string of the molecule is Cn1c(SCc2ccc(Cl)cc2)nc2c(sc(=S)n2-c2ccccc2)c1=O. The quantitative estimate of drug-likeness (QED) is 0.244. The Morgan fingerprint density at radius 3 is 2.56 bits per heavy atom. The Labute approximate surface area is 174 Å². The number of nitrogens with zero attached hydrogens (tertiary/aromatic N) is 3. The lowest BCUT2D eigenvalue weighted by Crippen LogP contribution is -2.19. The molecule has 0 fully saturated rings. The molecule has 0 unspecified atom stereocenters. The number of rotatable bonds is 4. The molecule has 8 heteroatoms.